The van der Waals surface area contributed by atoms with Crippen LogP contribution in [-0.4, -0.2) is 143 Å². The van der Waals surface area contributed by atoms with Crippen molar-refractivity contribution in [1.29, 1.82) is 0 Å². The van der Waals surface area contributed by atoms with Crippen molar-refractivity contribution in [1.82, 2.24) is 0 Å². The lowest BCUT2D eigenvalue weighted by Crippen LogP contribution is -2.63. The van der Waals surface area contributed by atoms with Gasteiger partial charge in [0.05, 0.1) is 79.6 Å². The summed E-state index contributed by atoms with van der Waals surface area (Å²) >= 11 is 0. The van der Waals surface area contributed by atoms with Gasteiger partial charge < -0.3 is 56.8 Å². The molecule has 0 radical (unpaired) electrons. The number of phosphoric ester groups is 1. The molecule has 0 spiro atoms. The van der Waals surface area contributed by atoms with Crippen LogP contribution in [-0.2, 0) is 93.0 Å². The van der Waals surface area contributed by atoms with Crippen LogP contribution in [0, 0.1) is 0 Å². The van der Waals surface area contributed by atoms with Crippen LogP contribution >= 0.6 is 7.82 Å². The van der Waals surface area contributed by atoms with Gasteiger partial charge >= 0.3 is 49.6 Å². The molecule has 98 heavy (non-hydrogen) atoms. The van der Waals surface area contributed by atoms with Crippen molar-refractivity contribution in [2.75, 3.05) is 39.6 Å². The molecule has 2 heterocycles. The molecule has 10 rings (SSSR count). The Balaban J connectivity index is 0.966. The number of phosphoric acid groups is 1. The number of ether oxygens (including phenoxy) is 12. The highest BCUT2D eigenvalue weighted by atomic mass is 31.2. The first-order chi connectivity index (χ1) is 47.8. The van der Waals surface area contributed by atoms with E-state index in [0.717, 1.165) is 0 Å². The Morgan fingerprint density at radius 1 is 0.337 bits per heavy atom. The van der Waals surface area contributed by atoms with Crippen LogP contribution in [0.2, 0.25) is 0 Å². The zero-order valence-corrected chi connectivity index (χ0v) is 53.8. The highest BCUT2D eigenvalue weighted by Crippen LogP contribution is 2.54. The molecule has 24 heteroatoms. The third-order valence-electron chi connectivity index (χ3n) is 15.0. The number of rotatable bonds is 31. The van der Waals surface area contributed by atoms with Crippen LogP contribution < -0.4 is 0 Å². The van der Waals surface area contributed by atoms with Gasteiger partial charge in [0.25, 0.3) is 0 Å². The number of esters is 7. The van der Waals surface area contributed by atoms with Crippen molar-refractivity contribution in [3.05, 3.63) is 287 Å². The first-order valence-corrected chi connectivity index (χ1v) is 32.7. The van der Waals surface area contributed by atoms with Gasteiger partial charge in [-0.15, -0.1) is 0 Å². The van der Waals surface area contributed by atoms with E-state index in [1.54, 1.807) is 170 Å². The van der Waals surface area contributed by atoms with Crippen molar-refractivity contribution in [3.8, 4) is 0 Å². The van der Waals surface area contributed by atoms with Crippen molar-refractivity contribution in [3.63, 3.8) is 0 Å². The van der Waals surface area contributed by atoms with Crippen LogP contribution in [0.25, 0.3) is 0 Å². The summed E-state index contributed by atoms with van der Waals surface area (Å²) in [5.74, 6) is -6.19. The smallest absolute Gasteiger partial charge is 0.463 e. The minimum absolute atomic E-state index is 0.0307. The Labute approximate surface area is 564 Å². The third-order valence-corrected chi connectivity index (χ3v) is 16.4. The van der Waals surface area contributed by atoms with Crippen LogP contribution in [0.3, 0.4) is 0 Å². The summed E-state index contributed by atoms with van der Waals surface area (Å²) in [5.41, 5.74) is 1.53. The first-order valence-electron chi connectivity index (χ1n) is 31.2. The highest BCUT2D eigenvalue weighted by molar-refractivity contribution is 7.48. The van der Waals surface area contributed by atoms with E-state index in [2.05, 4.69) is 0 Å². The van der Waals surface area contributed by atoms with E-state index >= 15 is 4.57 Å². The lowest BCUT2D eigenvalue weighted by Gasteiger charge is -2.44. The number of hydrogen-bond acceptors (Lipinski definition) is 23. The van der Waals surface area contributed by atoms with Crippen molar-refractivity contribution in [2.45, 2.75) is 81.5 Å². The fourth-order valence-corrected chi connectivity index (χ4v) is 11.4. The van der Waals surface area contributed by atoms with Gasteiger partial charge in [-0.3, -0.25) is 18.4 Å². The lowest BCUT2D eigenvalue weighted by molar-refractivity contribution is -0.301. The first kappa shape index (κ1) is 70.8. The quantitative estimate of drug-likeness (QED) is 0.0169. The van der Waals surface area contributed by atoms with E-state index < -0.39 is 124 Å². The molecule has 2 saturated heterocycles. The predicted molar refractivity (Wildman–Crippen MR) is 347 cm³/mol. The van der Waals surface area contributed by atoms with Gasteiger partial charge in [0.1, 0.15) is 18.8 Å². The number of hydrogen-bond donors (Lipinski definition) is 0. The molecular weight excluding hydrogens is 1290 g/mol. The Morgan fingerprint density at radius 3 is 0.929 bits per heavy atom. The summed E-state index contributed by atoms with van der Waals surface area (Å²) in [6, 6.07) is 64.5. The zero-order valence-electron chi connectivity index (χ0n) is 52.9. The summed E-state index contributed by atoms with van der Waals surface area (Å²) < 4.78 is 108. The Kier molecular flexibility index (Phi) is 25.9. The van der Waals surface area contributed by atoms with Crippen molar-refractivity contribution in [2.24, 2.45) is 0 Å². The standard InChI is InChI=1S/C74H69O23P/c1-50(75)85-44-45-86-73-65(95-71(80)57-38-22-8-23-39-57)63(93-69(78)55-34-18-6-19-35-55)61(91-67(76)53-30-14-4-15-31-53)59(89-73)48-83-42-43-84-49-60-62(92-68(77)54-32-16-5-17-33-54)64(94-70(79)56-36-20-7-21-37-56)66(96-72(81)58-40-24-9-25-41-58)74(90-60)97-98(82,87-46-51-26-10-2-11-27-51)88-47-52-28-12-3-13-29-52/h2-41,59-66,73-74H,42-49H2,1H3/t59-,60+,61+,62-,63+,64-,65-,66+,73-,74-/m1/s1. The summed E-state index contributed by atoms with van der Waals surface area (Å²) in [6.07, 6.45) is -17.1. The van der Waals surface area contributed by atoms with Crippen LogP contribution in [0.5, 0.6) is 0 Å². The van der Waals surface area contributed by atoms with Crippen LogP contribution in [0.15, 0.2) is 243 Å². The fraction of sp³-hybridized carbons (Fsp3) is 0.257. The monoisotopic (exact) mass is 1360 g/mol. The second-order valence-corrected chi connectivity index (χ2v) is 23.6. The van der Waals surface area contributed by atoms with Gasteiger partial charge in [-0.2, -0.15) is 0 Å². The molecule has 0 bridgehead atoms. The summed E-state index contributed by atoms with van der Waals surface area (Å²) in [5, 5.41) is 0. The number of carbonyl (C=O) groups is 7. The van der Waals surface area contributed by atoms with Gasteiger partial charge in [-0.1, -0.05) is 170 Å². The van der Waals surface area contributed by atoms with Gasteiger partial charge in [0.2, 0.25) is 6.29 Å². The Bertz CT molecular complexity index is 3850. The SMILES string of the molecule is CC(=O)OCCO[C@@H]1O[C@H](COCCOC[C@@H]2O[C@H](OP(=O)(OCc3ccccc3)OCc3ccccc3)[C@@H](OC(=O)c3ccccc3)[C@H](OC(=O)c3ccccc3)[C@@H]2OC(=O)c2ccccc2)[C@H](OC(=O)c2ccccc2)[C@H](OC(=O)c2ccccc2)[C@H]1OC(=O)c1ccccc1. The molecule has 0 amide bonds. The zero-order chi connectivity index (χ0) is 68.5. The molecule has 8 aromatic carbocycles. The second-order valence-electron chi connectivity index (χ2n) is 21.9. The minimum atomic E-state index is -4.92. The van der Waals surface area contributed by atoms with E-state index in [9.17, 15) is 33.6 Å². The van der Waals surface area contributed by atoms with Crippen LogP contribution in [0.4, 0.5) is 0 Å². The maximum atomic E-state index is 15.4. The maximum absolute atomic E-state index is 15.4. The number of carbonyl (C=O) groups excluding carboxylic acids is 7. The molecule has 0 saturated carbocycles. The third kappa shape index (κ3) is 20.3. The molecule has 10 atom stereocenters. The van der Waals surface area contributed by atoms with E-state index in [1.807, 2.05) is 0 Å². The number of benzene rings is 8. The van der Waals surface area contributed by atoms with E-state index in [0.29, 0.717) is 11.1 Å². The molecule has 2 aliphatic heterocycles. The largest absolute Gasteiger partial charge is 0.477 e. The normalized spacial score (nSPS) is 20.5. The molecule has 0 aromatic heterocycles. The van der Waals surface area contributed by atoms with E-state index in [4.69, 9.17) is 70.4 Å². The lowest BCUT2D eigenvalue weighted by atomic mass is 9.97. The predicted octanol–water partition coefficient (Wildman–Crippen LogP) is 11.0. The Hall–Kier alpha value is -10.0. The molecule has 2 aliphatic rings. The van der Waals surface area contributed by atoms with Crippen molar-refractivity contribution >= 4 is 49.6 Å². The molecule has 0 aliphatic carbocycles. The second kappa shape index (κ2) is 35.8. The van der Waals surface area contributed by atoms with Gasteiger partial charge in [-0.05, 0) is 83.9 Å². The molecule has 0 unspecified atom stereocenters. The van der Waals surface area contributed by atoms with Gasteiger partial charge in [0.15, 0.2) is 42.9 Å². The Morgan fingerprint density at radius 2 is 0.612 bits per heavy atom. The van der Waals surface area contributed by atoms with Crippen molar-refractivity contribution < 1.29 is 109 Å². The molecule has 508 valence electrons. The van der Waals surface area contributed by atoms with Gasteiger partial charge in [-0.25, -0.2) is 33.3 Å². The summed E-state index contributed by atoms with van der Waals surface area (Å²) in [7, 11) is -4.92. The maximum Gasteiger partial charge on any atom is 0.477 e. The topological polar surface area (TPSA) is 275 Å². The minimum Gasteiger partial charge on any atom is -0.463 e. The van der Waals surface area contributed by atoms with Gasteiger partial charge in [0, 0.05) is 6.92 Å². The van der Waals surface area contributed by atoms with E-state index in [1.165, 1.54) is 79.7 Å². The average molecular weight is 1360 g/mol. The highest BCUT2D eigenvalue weighted by Gasteiger charge is 2.56. The fourth-order valence-electron chi connectivity index (χ4n) is 10.2. The molecule has 0 N–H and O–H groups in total. The van der Waals surface area contributed by atoms with E-state index in [-0.39, 0.29) is 73.0 Å². The molecule has 23 nitrogen and oxygen atoms in total. The molecule has 2 fully saturated rings. The summed E-state index contributed by atoms with van der Waals surface area (Å²) in [6.45, 7) is -1.71. The average Bonchev–Trinajstić information content (AvgIpc) is 0.790. The molecular formula is C74H69O23P. The summed E-state index contributed by atoms with van der Waals surface area (Å²) in [4.78, 5) is 97.5. The molecule has 8 aromatic rings. The van der Waals surface area contributed by atoms with Crippen LogP contribution in [0.1, 0.15) is 80.2 Å².